The summed E-state index contributed by atoms with van der Waals surface area (Å²) in [4.78, 5) is 0. The van der Waals surface area contributed by atoms with Gasteiger partial charge in [-0.15, -0.1) is 0 Å². The zero-order valence-corrected chi connectivity index (χ0v) is 18.7. The van der Waals surface area contributed by atoms with Crippen LogP contribution >= 0.6 is 0 Å². The second kappa shape index (κ2) is 7.61. The molecule has 0 aromatic carbocycles. The van der Waals surface area contributed by atoms with E-state index in [1.54, 1.807) is 12.7 Å². The van der Waals surface area contributed by atoms with Crippen molar-refractivity contribution in [1.29, 1.82) is 0 Å². The summed E-state index contributed by atoms with van der Waals surface area (Å²) >= 11 is 0. The van der Waals surface area contributed by atoms with Crippen molar-refractivity contribution in [1.82, 2.24) is 0 Å². The molecule has 0 aromatic rings. The van der Waals surface area contributed by atoms with Crippen LogP contribution in [0.3, 0.4) is 0 Å². The van der Waals surface area contributed by atoms with Gasteiger partial charge >= 0.3 is 0 Å². The Morgan fingerprint density at radius 2 is 2.07 bits per heavy atom. The molecule has 2 N–H and O–H groups in total. The number of aliphatic hydroxyl groups excluding tert-OH is 2. The van der Waals surface area contributed by atoms with Crippen molar-refractivity contribution in [2.24, 2.45) is 34.5 Å². The first kappa shape index (κ1) is 21.0. The molecule has 0 bridgehead atoms. The SMILES string of the molecule is COCO[C@@H]1C[C@H]2[C@@H](CC[C@H]3C[C@@H](O)CC[C@@]32C)C2=CC[C@@H]3C(C)=C(CO)OC[C@]231. The number of hydrogen-bond acceptors (Lipinski definition) is 5. The maximum absolute atomic E-state index is 10.3. The zero-order valence-electron chi connectivity index (χ0n) is 18.7. The van der Waals surface area contributed by atoms with Gasteiger partial charge in [-0.2, -0.15) is 0 Å². The highest BCUT2D eigenvalue weighted by molar-refractivity contribution is 5.39. The van der Waals surface area contributed by atoms with Crippen LogP contribution in [0, 0.1) is 34.5 Å². The Morgan fingerprint density at radius 1 is 1.23 bits per heavy atom. The molecule has 8 atom stereocenters. The van der Waals surface area contributed by atoms with E-state index in [0.717, 1.165) is 37.9 Å². The quantitative estimate of drug-likeness (QED) is 0.537. The molecule has 1 heterocycles. The van der Waals surface area contributed by atoms with E-state index in [-0.39, 0.29) is 29.6 Å². The van der Waals surface area contributed by atoms with Crippen LogP contribution in [0.25, 0.3) is 0 Å². The minimum atomic E-state index is -0.125. The Hall–Kier alpha value is -0.880. The number of aliphatic hydroxyl groups is 2. The van der Waals surface area contributed by atoms with Gasteiger partial charge in [0.25, 0.3) is 0 Å². The molecule has 5 nitrogen and oxygen atoms in total. The Bertz CT molecular complexity index is 744. The van der Waals surface area contributed by atoms with Crippen molar-refractivity contribution in [3.8, 4) is 0 Å². The number of rotatable bonds is 4. The van der Waals surface area contributed by atoms with Gasteiger partial charge in [-0.3, -0.25) is 0 Å². The van der Waals surface area contributed by atoms with E-state index in [9.17, 15) is 10.2 Å². The van der Waals surface area contributed by atoms with E-state index in [0.29, 0.717) is 37.1 Å². The van der Waals surface area contributed by atoms with Gasteiger partial charge in [-0.25, -0.2) is 0 Å². The first-order valence-electron chi connectivity index (χ1n) is 11.9. The highest BCUT2D eigenvalue weighted by Crippen LogP contribution is 2.68. The summed E-state index contributed by atoms with van der Waals surface area (Å²) in [6, 6.07) is 0. The van der Waals surface area contributed by atoms with Crippen LogP contribution in [0.1, 0.15) is 58.8 Å². The lowest BCUT2D eigenvalue weighted by molar-refractivity contribution is -0.183. The van der Waals surface area contributed by atoms with Crippen LogP contribution in [-0.4, -0.2) is 49.5 Å². The molecule has 168 valence electrons. The van der Waals surface area contributed by atoms with Crippen molar-refractivity contribution < 1.29 is 24.4 Å². The number of allylic oxidation sites excluding steroid dienone is 2. The van der Waals surface area contributed by atoms with E-state index in [1.807, 2.05) is 0 Å². The molecular weight excluding hydrogens is 380 g/mol. The first-order valence-corrected chi connectivity index (χ1v) is 11.9. The molecule has 30 heavy (non-hydrogen) atoms. The first-order chi connectivity index (χ1) is 14.5. The molecule has 3 saturated carbocycles. The number of fused-ring (bicyclic) bond motifs is 4. The highest BCUT2D eigenvalue weighted by Gasteiger charge is 2.64. The maximum Gasteiger partial charge on any atom is 0.146 e. The summed E-state index contributed by atoms with van der Waals surface area (Å²) in [6.45, 7) is 5.51. The summed E-state index contributed by atoms with van der Waals surface area (Å²) in [6.07, 6.45) is 9.93. The van der Waals surface area contributed by atoms with Crippen LogP contribution in [0.2, 0.25) is 0 Å². The average Bonchev–Trinajstić information content (AvgIpc) is 3.15. The molecule has 0 aromatic heterocycles. The fourth-order valence-corrected chi connectivity index (χ4v) is 8.27. The van der Waals surface area contributed by atoms with E-state index < -0.39 is 0 Å². The molecule has 0 saturated heterocycles. The second-order valence-corrected chi connectivity index (χ2v) is 10.8. The predicted molar refractivity (Wildman–Crippen MR) is 113 cm³/mol. The smallest absolute Gasteiger partial charge is 0.146 e. The standard InChI is InChI=1S/C25H38O5/c1-15-19-6-7-20-18-5-4-16-10-17(27)8-9-24(16,2)21(18)11-23(30-14-28-3)25(19,20)13-29-22(15)12-26/h7,16-19,21,23,26-27H,4-6,8-14H2,1-3H3/t16-,17-,18-,19+,21-,23+,24-,25+/m0/s1. The predicted octanol–water partition coefficient (Wildman–Crippen LogP) is 3.80. The molecule has 3 fully saturated rings. The summed E-state index contributed by atoms with van der Waals surface area (Å²) in [5.74, 6) is 2.89. The summed E-state index contributed by atoms with van der Waals surface area (Å²) < 4.78 is 18.0. The van der Waals surface area contributed by atoms with E-state index in [2.05, 4.69) is 19.9 Å². The molecule has 0 unspecified atom stereocenters. The maximum atomic E-state index is 10.3. The van der Waals surface area contributed by atoms with Gasteiger partial charge in [0.1, 0.15) is 25.8 Å². The lowest BCUT2D eigenvalue weighted by atomic mass is 9.44. The van der Waals surface area contributed by atoms with Crippen molar-refractivity contribution >= 4 is 0 Å². The monoisotopic (exact) mass is 418 g/mol. The Kier molecular flexibility index (Phi) is 5.33. The van der Waals surface area contributed by atoms with Gasteiger partial charge in [-0.05, 0) is 80.6 Å². The third-order valence-electron chi connectivity index (χ3n) is 9.82. The summed E-state index contributed by atoms with van der Waals surface area (Å²) in [5.41, 5.74) is 2.90. The number of ether oxygens (including phenoxy) is 3. The molecule has 5 rings (SSSR count). The van der Waals surface area contributed by atoms with Crippen molar-refractivity contribution in [3.05, 3.63) is 23.0 Å². The molecule has 0 amide bonds. The molecule has 4 aliphatic carbocycles. The normalized spacial score (nSPS) is 47.6. The third-order valence-corrected chi connectivity index (χ3v) is 9.82. The number of hydrogen-bond donors (Lipinski definition) is 2. The second-order valence-electron chi connectivity index (χ2n) is 10.8. The molecule has 5 heteroatoms. The van der Waals surface area contributed by atoms with Crippen LogP contribution in [0.5, 0.6) is 0 Å². The zero-order chi connectivity index (χ0) is 21.1. The van der Waals surface area contributed by atoms with Gasteiger partial charge in [0.2, 0.25) is 0 Å². The minimum Gasteiger partial charge on any atom is -0.494 e. The average molecular weight is 419 g/mol. The topological polar surface area (TPSA) is 68.2 Å². The summed E-state index contributed by atoms with van der Waals surface area (Å²) in [7, 11) is 1.69. The minimum absolute atomic E-state index is 0.0223. The van der Waals surface area contributed by atoms with Crippen LogP contribution in [0.15, 0.2) is 23.0 Å². The lowest BCUT2D eigenvalue weighted by Gasteiger charge is -2.62. The van der Waals surface area contributed by atoms with Gasteiger partial charge < -0.3 is 24.4 Å². The number of methoxy groups -OCH3 is 1. The van der Waals surface area contributed by atoms with E-state index in [1.165, 1.54) is 18.4 Å². The third kappa shape index (κ3) is 2.81. The van der Waals surface area contributed by atoms with Gasteiger partial charge in [0.15, 0.2) is 0 Å². The molecule has 0 radical (unpaired) electrons. The molecule has 5 aliphatic rings. The fraction of sp³-hybridized carbons (Fsp3) is 0.840. The van der Waals surface area contributed by atoms with Crippen LogP contribution in [-0.2, 0) is 14.2 Å². The van der Waals surface area contributed by atoms with E-state index in [4.69, 9.17) is 14.2 Å². The Labute approximate surface area is 180 Å². The molecule has 1 aliphatic heterocycles. The van der Waals surface area contributed by atoms with Gasteiger partial charge in [0, 0.05) is 13.0 Å². The van der Waals surface area contributed by atoms with Crippen LogP contribution in [0.4, 0.5) is 0 Å². The Balaban J connectivity index is 1.53. The molecular formula is C25H38O5. The molecule has 1 spiro atoms. The van der Waals surface area contributed by atoms with Crippen molar-refractivity contribution in [3.63, 3.8) is 0 Å². The summed E-state index contributed by atoms with van der Waals surface area (Å²) in [5, 5.41) is 20.1. The Morgan fingerprint density at radius 3 is 2.83 bits per heavy atom. The largest absolute Gasteiger partial charge is 0.494 e. The van der Waals surface area contributed by atoms with Crippen molar-refractivity contribution in [2.75, 3.05) is 27.1 Å². The van der Waals surface area contributed by atoms with Crippen LogP contribution < -0.4 is 0 Å². The highest BCUT2D eigenvalue weighted by atomic mass is 16.7. The lowest BCUT2D eigenvalue weighted by Crippen LogP contribution is -2.59. The fourth-order valence-electron chi connectivity index (χ4n) is 8.27. The van der Waals surface area contributed by atoms with Gasteiger partial charge in [-0.1, -0.05) is 18.6 Å². The van der Waals surface area contributed by atoms with E-state index >= 15 is 0 Å². The van der Waals surface area contributed by atoms with Gasteiger partial charge in [0.05, 0.1) is 17.6 Å². The van der Waals surface area contributed by atoms with Crippen molar-refractivity contribution in [2.45, 2.75) is 71.0 Å².